The normalized spacial score (nSPS) is 16.1. The molecule has 160 valence electrons. The summed E-state index contributed by atoms with van der Waals surface area (Å²) in [7, 11) is 0. The highest BCUT2D eigenvalue weighted by molar-refractivity contribution is 5.99. The molecule has 0 saturated carbocycles. The summed E-state index contributed by atoms with van der Waals surface area (Å²) in [5.41, 5.74) is 0.707. The summed E-state index contributed by atoms with van der Waals surface area (Å²) in [5.74, 6) is -0.813. The van der Waals surface area contributed by atoms with E-state index in [-0.39, 0.29) is 29.7 Å². The third kappa shape index (κ3) is 5.77. The fourth-order valence-electron chi connectivity index (χ4n) is 3.33. The van der Waals surface area contributed by atoms with Crippen molar-refractivity contribution < 1.29 is 14.3 Å². The van der Waals surface area contributed by atoms with Crippen LogP contribution in [-0.4, -0.2) is 55.3 Å². The smallest absolute Gasteiger partial charge is 0.263 e. The minimum Gasteiger partial charge on any atom is -0.376 e. The first-order chi connectivity index (χ1) is 14.6. The molecule has 0 bridgehead atoms. The molecule has 1 unspecified atom stereocenters. The zero-order valence-corrected chi connectivity index (χ0v) is 17.1. The molecule has 1 atom stereocenters. The minimum absolute atomic E-state index is 0.0414. The highest BCUT2D eigenvalue weighted by Gasteiger charge is 2.18. The highest BCUT2D eigenvalue weighted by atomic mass is 16.5. The summed E-state index contributed by atoms with van der Waals surface area (Å²) in [5, 5.41) is 8.75. The van der Waals surface area contributed by atoms with Gasteiger partial charge in [-0.3, -0.25) is 14.4 Å². The molecule has 0 spiro atoms. The fourth-order valence-corrected chi connectivity index (χ4v) is 3.33. The maximum absolute atomic E-state index is 12.8. The van der Waals surface area contributed by atoms with Gasteiger partial charge in [0.05, 0.1) is 24.8 Å². The van der Waals surface area contributed by atoms with Gasteiger partial charge in [0.2, 0.25) is 0 Å². The van der Waals surface area contributed by atoms with E-state index in [1.165, 1.54) is 16.8 Å². The predicted octanol–water partition coefficient (Wildman–Crippen LogP) is 0.755. The Balaban J connectivity index is 1.78. The average molecular weight is 412 g/mol. The Hall–Kier alpha value is -2.97. The summed E-state index contributed by atoms with van der Waals surface area (Å²) in [6.45, 7) is 5.16. The number of nitrogens with zero attached hydrogens (tertiary/aromatic N) is 1. The van der Waals surface area contributed by atoms with Crippen molar-refractivity contribution in [3.8, 4) is 0 Å². The molecule has 1 aliphatic rings. The fraction of sp³-hybridized carbons (Fsp3) is 0.409. The Morgan fingerprint density at radius 3 is 2.70 bits per heavy atom. The molecule has 2 aromatic rings. The molecule has 2 amide bonds. The van der Waals surface area contributed by atoms with Crippen molar-refractivity contribution in [1.82, 2.24) is 20.5 Å². The van der Waals surface area contributed by atoms with Crippen molar-refractivity contribution in [2.75, 3.05) is 32.8 Å². The number of carbonyl (C=O) groups is 2. The van der Waals surface area contributed by atoms with E-state index >= 15 is 0 Å². The summed E-state index contributed by atoms with van der Waals surface area (Å²) < 4.78 is 7.04. The Morgan fingerprint density at radius 1 is 1.20 bits per heavy atom. The van der Waals surface area contributed by atoms with Crippen LogP contribution in [-0.2, 0) is 11.3 Å². The number of nitrogens with one attached hydrogen (secondary N) is 3. The van der Waals surface area contributed by atoms with Gasteiger partial charge in [-0.15, -0.1) is 0 Å². The summed E-state index contributed by atoms with van der Waals surface area (Å²) in [6, 6.07) is 10.8. The Kier molecular flexibility index (Phi) is 7.75. The number of benzene rings is 1. The van der Waals surface area contributed by atoms with Crippen LogP contribution < -0.4 is 21.5 Å². The number of morpholine rings is 1. The first-order valence-electron chi connectivity index (χ1n) is 10.3. The Labute approximate surface area is 175 Å². The number of ether oxygens (including phenoxy) is 1. The second kappa shape index (κ2) is 10.7. The predicted molar refractivity (Wildman–Crippen MR) is 114 cm³/mol. The van der Waals surface area contributed by atoms with E-state index in [2.05, 4.69) is 16.0 Å². The van der Waals surface area contributed by atoms with Crippen LogP contribution in [0.25, 0.3) is 0 Å². The van der Waals surface area contributed by atoms with Crippen molar-refractivity contribution >= 4 is 11.8 Å². The van der Waals surface area contributed by atoms with E-state index in [9.17, 15) is 14.4 Å². The van der Waals surface area contributed by atoms with Crippen LogP contribution >= 0.6 is 0 Å². The van der Waals surface area contributed by atoms with Gasteiger partial charge in [0.25, 0.3) is 17.4 Å². The highest BCUT2D eigenvalue weighted by Crippen LogP contribution is 2.07. The van der Waals surface area contributed by atoms with Crippen LogP contribution in [0.1, 0.15) is 39.6 Å². The number of carbonyl (C=O) groups excluding carboxylic acids is 2. The SMILES string of the molecule is CCNC(=O)c1cc(C(=O)NCCC2CNCCO2)cn(Cc2ccccc2)c1=O. The maximum atomic E-state index is 12.8. The molecule has 3 rings (SSSR count). The molecular formula is C22H28N4O4. The van der Waals surface area contributed by atoms with Gasteiger partial charge >= 0.3 is 0 Å². The van der Waals surface area contributed by atoms with Crippen LogP contribution in [0.5, 0.6) is 0 Å². The molecule has 1 aliphatic heterocycles. The van der Waals surface area contributed by atoms with Crippen molar-refractivity contribution in [2.45, 2.75) is 26.0 Å². The molecule has 30 heavy (non-hydrogen) atoms. The average Bonchev–Trinajstić information content (AvgIpc) is 2.76. The number of aromatic nitrogens is 1. The van der Waals surface area contributed by atoms with E-state index in [0.717, 1.165) is 18.7 Å². The van der Waals surface area contributed by atoms with Crippen LogP contribution in [0.2, 0.25) is 0 Å². The molecule has 8 heteroatoms. The minimum atomic E-state index is -0.486. The van der Waals surface area contributed by atoms with Gasteiger partial charge in [-0.2, -0.15) is 0 Å². The summed E-state index contributed by atoms with van der Waals surface area (Å²) in [6.07, 6.45) is 2.26. The van der Waals surface area contributed by atoms with E-state index in [1.54, 1.807) is 6.92 Å². The molecule has 1 fully saturated rings. The van der Waals surface area contributed by atoms with Crippen LogP contribution in [0, 0.1) is 0 Å². The molecule has 1 aromatic heterocycles. The first-order valence-corrected chi connectivity index (χ1v) is 10.3. The van der Waals surface area contributed by atoms with Crippen LogP contribution in [0.15, 0.2) is 47.4 Å². The molecule has 3 N–H and O–H groups in total. The number of amides is 2. The van der Waals surface area contributed by atoms with Crippen LogP contribution in [0.3, 0.4) is 0 Å². The summed E-state index contributed by atoms with van der Waals surface area (Å²) >= 11 is 0. The summed E-state index contributed by atoms with van der Waals surface area (Å²) in [4.78, 5) is 37.9. The lowest BCUT2D eigenvalue weighted by Crippen LogP contribution is -2.40. The van der Waals surface area contributed by atoms with Crippen molar-refractivity contribution in [3.63, 3.8) is 0 Å². The molecule has 2 heterocycles. The Morgan fingerprint density at radius 2 is 2.00 bits per heavy atom. The molecular weight excluding hydrogens is 384 g/mol. The van der Waals surface area contributed by atoms with Gasteiger partial charge in [0, 0.05) is 32.4 Å². The number of hydrogen-bond donors (Lipinski definition) is 3. The lowest BCUT2D eigenvalue weighted by molar-refractivity contribution is 0.0239. The zero-order chi connectivity index (χ0) is 21.3. The quantitative estimate of drug-likeness (QED) is 0.594. The van der Waals surface area contributed by atoms with E-state index in [1.807, 2.05) is 30.3 Å². The monoisotopic (exact) mass is 412 g/mol. The molecule has 0 aliphatic carbocycles. The zero-order valence-electron chi connectivity index (χ0n) is 17.1. The molecule has 0 radical (unpaired) electrons. The number of pyridine rings is 1. The maximum Gasteiger partial charge on any atom is 0.263 e. The first kappa shape index (κ1) is 21.7. The van der Waals surface area contributed by atoms with E-state index in [4.69, 9.17) is 4.74 Å². The van der Waals surface area contributed by atoms with Gasteiger partial charge in [0.15, 0.2) is 0 Å². The van der Waals surface area contributed by atoms with Gasteiger partial charge in [-0.1, -0.05) is 30.3 Å². The Bertz CT molecular complexity index is 920. The topological polar surface area (TPSA) is 101 Å². The second-order valence-corrected chi connectivity index (χ2v) is 7.16. The van der Waals surface area contributed by atoms with E-state index < -0.39 is 11.5 Å². The van der Waals surface area contributed by atoms with Gasteiger partial charge in [-0.25, -0.2) is 0 Å². The van der Waals surface area contributed by atoms with E-state index in [0.29, 0.717) is 26.1 Å². The lowest BCUT2D eigenvalue weighted by atomic mass is 10.1. The van der Waals surface area contributed by atoms with Crippen molar-refractivity contribution in [2.24, 2.45) is 0 Å². The second-order valence-electron chi connectivity index (χ2n) is 7.16. The standard InChI is InChI=1S/C22H28N4O4/c1-2-24-21(28)19-12-17(20(27)25-9-8-18-13-23-10-11-30-18)15-26(22(19)29)14-16-6-4-3-5-7-16/h3-7,12,15,18,23H,2,8-11,13-14H2,1H3,(H,24,28)(H,25,27). The number of hydrogen-bond acceptors (Lipinski definition) is 5. The third-order valence-corrected chi connectivity index (χ3v) is 4.88. The van der Waals surface area contributed by atoms with Gasteiger partial charge in [0.1, 0.15) is 5.56 Å². The van der Waals surface area contributed by atoms with Crippen LogP contribution in [0.4, 0.5) is 0 Å². The third-order valence-electron chi connectivity index (χ3n) is 4.88. The molecule has 8 nitrogen and oxygen atoms in total. The largest absolute Gasteiger partial charge is 0.376 e. The number of rotatable bonds is 8. The van der Waals surface area contributed by atoms with Crippen molar-refractivity contribution in [1.29, 1.82) is 0 Å². The molecule has 1 saturated heterocycles. The van der Waals surface area contributed by atoms with Gasteiger partial charge in [-0.05, 0) is 25.0 Å². The molecule has 1 aromatic carbocycles. The van der Waals surface area contributed by atoms with Gasteiger partial charge < -0.3 is 25.3 Å². The van der Waals surface area contributed by atoms with Crippen molar-refractivity contribution in [3.05, 3.63) is 69.6 Å². The lowest BCUT2D eigenvalue weighted by Gasteiger charge is -2.23.